The molecule has 0 aliphatic carbocycles. The maximum atomic E-state index is 12.8. The van der Waals surface area contributed by atoms with Crippen LogP contribution in [-0.2, 0) is 11.0 Å². The third kappa shape index (κ3) is 4.80. The van der Waals surface area contributed by atoms with E-state index in [-0.39, 0.29) is 23.6 Å². The van der Waals surface area contributed by atoms with Crippen LogP contribution in [0.4, 0.5) is 18.9 Å². The van der Waals surface area contributed by atoms with Gasteiger partial charge in [0.05, 0.1) is 35.9 Å². The van der Waals surface area contributed by atoms with Gasteiger partial charge >= 0.3 is 6.18 Å². The second-order valence-electron chi connectivity index (χ2n) is 6.98. The first-order chi connectivity index (χ1) is 13.7. The molecule has 5 nitrogen and oxygen atoms in total. The molecule has 1 aliphatic heterocycles. The molecular formula is C21H20F3N3O2. The van der Waals surface area contributed by atoms with Gasteiger partial charge in [0.25, 0.3) is 0 Å². The summed E-state index contributed by atoms with van der Waals surface area (Å²) in [6.07, 6.45) is -4.60. The molecular weight excluding hydrogens is 383 g/mol. The number of anilines is 1. The molecule has 3 rings (SSSR count). The Kier molecular flexibility index (Phi) is 5.69. The van der Waals surface area contributed by atoms with Crippen LogP contribution in [0.15, 0.2) is 42.5 Å². The Morgan fingerprint density at radius 3 is 2.45 bits per heavy atom. The molecule has 1 aliphatic rings. The number of hydrogen-bond acceptors (Lipinski definition) is 4. The number of benzene rings is 2. The number of amides is 1. The summed E-state index contributed by atoms with van der Waals surface area (Å²) in [5, 5.41) is 12.0. The predicted octanol–water partition coefficient (Wildman–Crippen LogP) is 4.04. The van der Waals surface area contributed by atoms with Crippen LogP contribution in [0.1, 0.15) is 36.6 Å². The monoisotopic (exact) mass is 403 g/mol. The average Bonchev–Trinajstić information content (AvgIpc) is 2.63. The first-order valence-electron chi connectivity index (χ1n) is 9.07. The summed E-state index contributed by atoms with van der Waals surface area (Å²) in [4.78, 5) is 12.9. The predicted molar refractivity (Wildman–Crippen MR) is 101 cm³/mol. The van der Waals surface area contributed by atoms with Crippen molar-refractivity contribution in [2.75, 3.05) is 18.0 Å². The first kappa shape index (κ1) is 20.5. The lowest BCUT2D eigenvalue weighted by molar-refractivity contribution is -0.137. The minimum absolute atomic E-state index is 0.00501. The van der Waals surface area contributed by atoms with E-state index >= 15 is 0 Å². The molecule has 1 N–H and O–H groups in total. The SMILES string of the molecule is CC(=O)NC(C)c1ccc(OC2CN(c3ccc(C(F)(F)F)cc3C#N)C2)cc1. The third-order valence-corrected chi connectivity index (χ3v) is 4.74. The molecule has 0 aromatic heterocycles. The Hall–Kier alpha value is -3.21. The summed E-state index contributed by atoms with van der Waals surface area (Å²) in [6.45, 7) is 4.30. The second-order valence-corrected chi connectivity index (χ2v) is 6.98. The van der Waals surface area contributed by atoms with Crippen molar-refractivity contribution in [1.82, 2.24) is 5.32 Å². The molecule has 1 heterocycles. The number of nitrogens with one attached hydrogen (secondary N) is 1. The standard InChI is InChI=1S/C21H20F3N3O2/c1-13(26-14(2)28)15-3-6-18(7-4-15)29-19-11-27(12-19)20-8-5-17(21(22,23)24)9-16(20)10-25/h3-9,13,19H,11-12H2,1-2H3,(H,26,28). The summed E-state index contributed by atoms with van der Waals surface area (Å²) in [5.41, 5.74) is 0.584. The van der Waals surface area contributed by atoms with Gasteiger partial charge in [-0.1, -0.05) is 12.1 Å². The Bertz CT molecular complexity index is 930. The zero-order chi connectivity index (χ0) is 21.2. The smallest absolute Gasteiger partial charge is 0.416 e. The van der Waals surface area contributed by atoms with Crippen LogP contribution in [0.5, 0.6) is 5.75 Å². The van der Waals surface area contributed by atoms with E-state index in [9.17, 15) is 23.2 Å². The van der Waals surface area contributed by atoms with E-state index in [1.54, 1.807) is 0 Å². The van der Waals surface area contributed by atoms with E-state index in [1.807, 2.05) is 42.2 Å². The maximum Gasteiger partial charge on any atom is 0.416 e. The van der Waals surface area contributed by atoms with Crippen molar-refractivity contribution in [2.45, 2.75) is 32.2 Å². The van der Waals surface area contributed by atoms with Gasteiger partial charge < -0.3 is 15.0 Å². The van der Waals surface area contributed by atoms with Crippen molar-refractivity contribution in [1.29, 1.82) is 5.26 Å². The normalized spacial score (nSPS) is 15.2. The van der Waals surface area contributed by atoms with Crippen molar-refractivity contribution in [3.8, 4) is 11.8 Å². The van der Waals surface area contributed by atoms with Gasteiger partial charge in [0.1, 0.15) is 17.9 Å². The maximum absolute atomic E-state index is 12.8. The van der Waals surface area contributed by atoms with Crippen LogP contribution >= 0.6 is 0 Å². The zero-order valence-electron chi connectivity index (χ0n) is 16.0. The molecule has 0 radical (unpaired) electrons. The number of nitriles is 1. The quantitative estimate of drug-likeness (QED) is 0.818. The molecule has 1 atom stereocenters. The molecule has 2 aromatic rings. The molecule has 0 bridgehead atoms. The fourth-order valence-electron chi connectivity index (χ4n) is 3.20. The number of rotatable bonds is 5. The van der Waals surface area contributed by atoms with Gasteiger partial charge in [-0.3, -0.25) is 4.79 Å². The minimum Gasteiger partial charge on any atom is -0.487 e. The molecule has 1 fully saturated rings. The lowest BCUT2D eigenvalue weighted by Crippen LogP contribution is -2.54. The van der Waals surface area contributed by atoms with E-state index in [2.05, 4.69) is 5.32 Å². The highest BCUT2D eigenvalue weighted by atomic mass is 19.4. The van der Waals surface area contributed by atoms with Crippen molar-refractivity contribution in [2.24, 2.45) is 0 Å². The number of halogens is 3. The van der Waals surface area contributed by atoms with Crippen LogP contribution in [0.3, 0.4) is 0 Å². The van der Waals surface area contributed by atoms with Gasteiger partial charge in [-0.05, 0) is 42.8 Å². The topological polar surface area (TPSA) is 65.4 Å². The summed E-state index contributed by atoms with van der Waals surface area (Å²) in [6, 6.07) is 12.3. The molecule has 1 amide bonds. The van der Waals surface area contributed by atoms with E-state index in [4.69, 9.17) is 4.74 Å². The molecule has 152 valence electrons. The summed E-state index contributed by atoms with van der Waals surface area (Å²) >= 11 is 0. The summed E-state index contributed by atoms with van der Waals surface area (Å²) < 4.78 is 44.3. The fourth-order valence-corrected chi connectivity index (χ4v) is 3.20. The van der Waals surface area contributed by atoms with E-state index < -0.39 is 11.7 Å². The molecule has 29 heavy (non-hydrogen) atoms. The van der Waals surface area contributed by atoms with Crippen molar-refractivity contribution in [3.63, 3.8) is 0 Å². The number of carbonyl (C=O) groups is 1. The van der Waals surface area contributed by atoms with Gasteiger partial charge in [-0.15, -0.1) is 0 Å². The van der Waals surface area contributed by atoms with Gasteiger partial charge in [-0.25, -0.2) is 0 Å². The molecule has 0 saturated carbocycles. The van der Waals surface area contributed by atoms with E-state index in [1.165, 1.54) is 13.0 Å². The lowest BCUT2D eigenvalue weighted by Gasteiger charge is -2.41. The van der Waals surface area contributed by atoms with E-state index in [0.717, 1.165) is 17.7 Å². The highest BCUT2D eigenvalue weighted by molar-refractivity contribution is 5.73. The third-order valence-electron chi connectivity index (χ3n) is 4.74. The van der Waals surface area contributed by atoms with Gasteiger partial charge in [0, 0.05) is 6.92 Å². The summed E-state index contributed by atoms with van der Waals surface area (Å²) in [7, 11) is 0. The number of hydrogen-bond donors (Lipinski definition) is 1. The summed E-state index contributed by atoms with van der Waals surface area (Å²) in [5.74, 6) is 0.564. The molecule has 1 saturated heterocycles. The van der Waals surface area contributed by atoms with Crippen molar-refractivity contribution in [3.05, 3.63) is 59.2 Å². The number of carbonyl (C=O) groups excluding carboxylic acids is 1. The Labute approximate surface area is 166 Å². The Morgan fingerprint density at radius 1 is 1.24 bits per heavy atom. The van der Waals surface area contributed by atoms with E-state index in [0.29, 0.717) is 24.5 Å². The Balaban J connectivity index is 1.59. The zero-order valence-corrected chi connectivity index (χ0v) is 16.0. The molecule has 1 unspecified atom stereocenters. The van der Waals surface area contributed by atoms with Crippen LogP contribution in [0, 0.1) is 11.3 Å². The average molecular weight is 403 g/mol. The van der Waals surface area contributed by atoms with Crippen LogP contribution in [0.25, 0.3) is 0 Å². The van der Waals surface area contributed by atoms with Crippen LogP contribution in [0.2, 0.25) is 0 Å². The minimum atomic E-state index is -4.48. The first-order valence-corrected chi connectivity index (χ1v) is 9.07. The van der Waals surface area contributed by atoms with Gasteiger partial charge in [0.2, 0.25) is 5.91 Å². The largest absolute Gasteiger partial charge is 0.487 e. The fraction of sp³-hybridized carbons (Fsp3) is 0.333. The lowest BCUT2D eigenvalue weighted by atomic mass is 10.0. The highest BCUT2D eigenvalue weighted by Gasteiger charge is 2.34. The number of alkyl halides is 3. The Morgan fingerprint density at radius 2 is 1.90 bits per heavy atom. The van der Waals surface area contributed by atoms with Crippen LogP contribution in [-0.4, -0.2) is 25.1 Å². The molecule has 0 spiro atoms. The van der Waals surface area contributed by atoms with Crippen molar-refractivity contribution < 1.29 is 22.7 Å². The number of ether oxygens (including phenoxy) is 1. The van der Waals surface area contributed by atoms with Crippen LogP contribution < -0.4 is 15.0 Å². The van der Waals surface area contributed by atoms with Crippen molar-refractivity contribution >= 4 is 11.6 Å². The highest BCUT2D eigenvalue weighted by Crippen LogP contribution is 2.34. The second kappa shape index (κ2) is 8.03. The molecule has 2 aromatic carbocycles. The molecule has 8 heteroatoms. The number of nitrogens with zero attached hydrogens (tertiary/aromatic N) is 2. The van der Waals surface area contributed by atoms with Gasteiger partial charge in [0.15, 0.2) is 0 Å². The van der Waals surface area contributed by atoms with Gasteiger partial charge in [-0.2, -0.15) is 18.4 Å².